The molecule has 11 heavy (non-hydrogen) atoms. The summed E-state index contributed by atoms with van der Waals surface area (Å²) in [6, 6.07) is 8.77. The van der Waals surface area contributed by atoms with Crippen LogP contribution >= 0.6 is 22.6 Å². The molecule has 0 atom stereocenters. The van der Waals surface area contributed by atoms with Crippen molar-refractivity contribution in [3.05, 3.63) is 27.8 Å². The summed E-state index contributed by atoms with van der Waals surface area (Å²) in [4.78, 5) is 0. The van der Waals surface area contributed by atoms with Crippen LogP contribution in [-0.2, 0) is 0 Å². The van der Waals surface area contributed by atoms with E-state index in [0.717, 1.165) is 9.32 Å². The number of benzene rings is 1. The van der Waals surface area contributed by atoms with Gasteiger partial charge in [-0.25, -0.2) is 0 Å². The summed E-state index contributed by atoms with van der Waals surface area (Å²) in [6.07, 6.45) is 0.238. The van der Waals surface area contributed by atoms with Crippen LogP contribution in [0.1, 0.15) is 13.8 Å². The molecule has 0 bridgehead atoms. The van der Waals surface area contributed by atoms with Crippen molar-refractivity contribution in [3.63, 3.8) is 0 Å². The van der Waals surface area contributed by atoms with E-state index in [4.69, 9.17) is 4.74 Å². The summed E-state index contributed by atoms with van der Waals surface area (Å²) in [6.45, 7) is 4.03. The Morgan fingerprint density at radius 3 is 2.73 bits per heavy atom. The van der Waals surface area contributed by atoms with E-state index >= 15 is 0 Å². The van der Waals surface area contributed by atoms with Gasteiger partial charge < -0.3 is 4.74 Å². The number of hydrogen-bond donors (Lipinski definition) is 0. The fourth-order valence-electron chi connectivity index (χ4n) is 0.763. The van der Waals surface area contributed by atoms with Crippen molar-refractivity contribution >= 4 is 22.6 Å². The van der Waals surface area contributed by atoms with Crippen LogP contribution in [0.25, 0.3) is 0 Å². The van der Waals surface area contributed by atoms with Gasteiger partial charge in [-0.3, -0.25) is 0 Å². The highest BCUT2D eigenvalue weighted by Gasteiger charge is 1.96. The molecule has 0 heterocycles. The number of halogens is 1. The summed E-state index contributed by atoms with van der Waals surface area (Å²) in [5.74, 6) is 0.895. The predicted molar refractivity (Wildman–Crippen MR) is 53.8 cm³/mol. The molecule has 59 valence electrons. The lowest BCUT2D eigenvalue weighted by molar-refractivity contribution is 0.242. The zero-order valence-corrected chi connectivity index (χ0v) is 8.75. The monoisotopic (exact) mass is 261 g/mol. The molecule has 0 aliphatic heterocycles. The van der Waals surface area contributed by atoms with Crippen molar-refractivity contribution in [3.8, 4) is 5.75 Å². The van der Waals surface area contributed by atoms with Gasteiger partial charge in [0.15, 0.2) is 0 Å². The van der Waals surface area contributed by atoms with Gasteiger partial charge >= 0.3 is 0 Å². The molecule has 1 rings (SSSR count). The van der Waals surface area contributed by atoms with E-state index in [2.05, 4.69) is 28.7 Å². The highest BCUT2D eigenvalue weighted by Crippen LogP contribution is 2.15. The Labute approximate surface area is 80.9 Å². The highest BCUT2D eigenvalue weighted by atomic mass is 127. The Balaban J connectivity index is 2.71. The second kappa shape index (κ2) is 3.95. The van der Waals surface area contributed by atoms with Gasteiger partial charge in [-0.05, 0) is 60.7 Å². The third kappa shape index (κ3) is 3.10. The molecule has 0 saturated heterocycles. The summed E-state index contributed by atoms with van der Waals surface area (Å²) in [5.41, 5.74) is 0. The first-order valence-electron chi connectivity index (χ1n) is 3.52. The van der Waals surface area contributed by atoms with Crippen LogP contribution in [0.3, 0.4) is 0 Å². The molecule has 0 aliphatic rings. The van der Waals surface area contributed by atoms with E-state index in [1.807, 2.05) is 32.0 Å². The van der Waals surface area contributed by atoms with E-state index < -0.39 is 0 Å². The Kier molecular flexibility index (Phi) is 3.17. The third-order valence-electron chi connectivity index (χ3n) is 1.10. The lowest BCUT2D eigenvalue weighted by atomic mass is 10.3. The second-order valence-corrected chi connectivity index (χ2v) is 3.80. The number of rotatable bonds is 2. The molecule has 0 amide bonds. The van der Waals surface area contributed by atoms with Crippen LogP contribution < -0.4 is 4.74 Å². The maximum absolute atomic E-state index is 5.46. The first-order chi connectivity index (χ1) is 5.18. The van der Waals surface area contributed by atoms with Crippen molar-refractivity contribution in [2.24, 2.45) is 0 Å². The maximum Gasteiger partial charge on any atom is 0.121 e. The lowest BCUT2D eigenvalue weighted by Gasteiger charge is -2.08. The van der Waals surface area contributed by atoms with Gasteiger partial charge in [-0.1, -0.05) is 0 Å². The van der Waals surface area contributed by atoms with Crippen LogP contribution in [0.15, 0.2) is 18.2 Å². The smallest absolute Gasteiger partial charge is 0.121 e. The topological polar surface area (TPSA) is 9.23 Å². The molecule has 0 fully saturated rings. The third-order valence-corrected chi connectivity index (χ3v) is 1.72. The Hall–Kier alpha value is -0.250. The van der Waals surface area contributed by atoms with E-state index in [1.54, 1.807) is 0 Å². The molecule has 0 aromatic heterocycles. The van der Waals surface area contributed by atoms with Gasteiger partial charge in [0.2, 0.25) is 0 Å². The molecule has 0 spiro atoms. The first-order valence-corrected chi connectivity index (χ1v) is 4.59. The molecule has 1 aromatic rings. The molecule has 0 unspecified atom stereocenters. The average molecular weight is 261 g/mol. The van der Waals surface area contributed by atoms with Crippen molar-refractivity contribution in [2.45, 2.75) is 20.0 Å². The molecule has 1 nitrogen and oxygen atoms in total. The quantitative estimate of drug-likeness (QED) is 0.744. The van der Waals surface area contributed by atoms with Gasteiger partial charge in [0.05, 0.1) is 6.10 Å². The van der Waals surface area contributed by atoms with Crippen molar-refractivity contribution in [1.29, 1.82) is 0 Å². The van der Waals surface area contributed by atoms with E-state index in [1.165, 1.54) is 0 Å². The summed E-state index contributed by atoms with van der Waals surface area (Å²) in [7, 11) is 0. The molecule has 0 saturated carbocycles. The van der Waals surface area contributed by atoms with Gasteiger partial charge in [-0.15, -0.1) is 0 Å². The highest BCUT2D eigenvalue weighted by molar-refractivity contribution is 14.1. The predicted octanol–water partition coefficient (Wildman–Crippen LogP) is 2.88. The maximum atomic E-state index is 5.46. The largest absolute Gasteiger partial charge is 0.491 e. The molecule has 1 radical (unpaired) electrons. The average Bonchev–Trinajstić information content (AvgIpc) is 1.85. The van der Waals surface area contributed by atoms with E-state index in [0.29, 0.717) is 0 Å². The van der Waals surface area contributed by atoms with Crippen molar-refractivity contribution in [2.75, 3.05) is 0 Å². The van der Waals surface area contributed by atoms with Gasteiger partial charge in [-0.2, -0.15) is 0 Å². The molecular formula is C9H10IO. The minimum absolute atomic E-state index is 0.238. The molecule has 1 aromatic carbocycles. The van der Waals surface area contributed by atoms with Crippen LogP contribution in [0, 0.1) is 9.64 Å². The second-order valence-electron chi connectivity index (χ2n) is 2.55. The zero-order valence-electron chi connectivity index (χ0n) is 6.60. The fraction of sp³-hybridized carbons (Fsp3) is 0.333. The Bertz CT molecular complexity index is 233. The standard InChI is InChI=1S/C9H10IO/c1-7(2)11-9-5-3-4-8(10)6-9/h4-7H,1-2H3. The fourth-order valence-corrected chi connectivity index (χ4v) is 1.25. The minimum Gasteiger partial charge on any atom is -0.491 e. The molecule has 0 aliphatic carbocycles. The van der Waals surface area contributed by atoms with Crippen LogP contribution in [0.4, 0.5) is 0 Å². The van der Waals surface area contributed by atoms with E-state index in [9.17, 15) is 0 Å². The zero-order chi connectivity index (χ0) is 8.27. The van der Waals surface area contributed by atoms with Crippen molar-refractivity contribution in [1.82, 2.24) is 0 Å². The lowest BCUT2D eigenvalue weighted by Crippen LogP contribution is -2.05. The Morgan fingerprint density at radius 1 is 1.45 bits per heavy atom. The molecular weight excluding hydrogens is 251 g/mol. The summed E-state index contributed by atoms with van der Waals surface area (Å²) in [5, 5.41) is 0. The van der Waals surface area contributed by atoms with Crippen LogP contribution in [0.5, 0.6) is 5.75 Å². The first kappa shape index (κ1) is 8.84. The van der Waals surface area contributed by atoms with Gasteiger partial charge in [0.1, 0.15) is 5.75 Å². The summed E-state index contributed by atoms with van der Waals surface area (Å²) < 4.78 is 6.61. The number of hydrogen-bond acceptors (Lipinski definition) is 1. The van der Waals surface area contributed by atoms with Gasteiger partial charge in [0, 0.05) is 3.57 Å². The molecule has 2 heteroatoms. The van der Waals surface area contributed by atoms with Crippen molar-refractivity contribution < 1.29 is 4.74 Å². The Morgan fingerprint density at radius 2 is 2.18 bits per heavy atom. The normalized spacial score (nSPS) is 10.2. The van der Waals surface area contributed by atoms with Crippen LogP contribution in [-0.4, -0.2) is 6.10 Å². The minimum atomic E-state index is 0.238. The SMILES string of the molecule is CC(C)Oc1c[c]cc(I)c1. The van der Waals surface area contributed by atoms with E-state index in [-0.39, 0.29) is 6.10 Å². The van der Waals surface area contributed by atoms with Crippen LogP contribution in [0.2, 0.25) is 0 Å². The van der Waals surface area contributed by atoms with Gasteiger partial charge in [0.25, 0.3) is 0 Å². The number of ether oxygens (including phenoxy) is 1. The summed E-state index contributed by atoms with van der Waals surface area (Å²) >= 11 is 2.24. The molecule has 0 N–H and O–H groups in total.